The van der Waals surface area contributed by atoms with Crippen molar-refractivity contribution < 1.29 is 28.6 Å². The number of allylic oxidation sites excluding steroid dienone is 8. The van der Waals surface area contributed by atoms with Crippen LogP contribution in [0.3, 0.4) is 0 Å². The molecule has 1 unspecified atom stereocenters. The van der Waals surface area contributed by atoms with E-state index in [0.717, 1.165) is 77.0 Å². The second-order valence-corrected chi connectivity index (χ2v) is 18.5. The van der Waals surface area contributed by atoms with E-state index in [1.807, 2.05) is 0 Å². The maximum Gasteiger partial charge on any atom is 0.306 e. The molecule has 0 amide bonds. The summed E-state index contributed by atoms with van der Waals surface area (Å²) in [5.74, 6) is -0.872. The molecular weight excluding hydrogens is 793 g/mol. The lowest BCUT2D eigenvalue weighted by Crippen LogP contribution is -2.30. The van der Waals surface area contributed by atoms with E-state index in [-0.39, 0.29) is 31.1 Å². The van der Waals surface area contributed by atoms with Gasteiger partial charge < -0.3 is 14.2 Å². The van der Waals surface area contributed by atoms with E-state index in [2.05, 4.69) is 69.4 Å². The highest BCUT2D eigenvalue weighted by Gasteiger charge is 2.19. The van der Waals surface area contributed by atoms with Crippen molar-refractivity contribution in [1.29, 1.82) is 0 Å². The van der Waals surface area contributed by atoms with Crippen LogP contribution < -0.4 is 0 Å². The highest BCUT2D eigenvalue weighted by molar-refractivity contribution is 5.71. The SMILES string of the molecule is CC/C=C\C/C=C\C/C=C\CCCCCCCCCCCC(=O)OCC(COC(=O)CCCCCCCCCCCCCC)OC(=O)CCCCCCCCC/C=C\CCCCCC. The van der Waals surface area contributed by atoms with E-state index < -0.39 is 6.10 Å². The third kappa shape index (κ3) is 50.4. The molecule has 0 saturated carbocycles. The largest absolute Gasteiger partial charge is 0.462 e. The van der Waals surface area contributed by atoms with E-state index in [0.29, 0.717) is 19.3 Å². The van der Waals surface area contributed by atoms with Crippen molar-refractivity contribution in [1.82, 2.24) is 0 Å². The van der Waals surface area contributed by atoms with Crippen molar-refractivity contribution in [3.05, 3.63) is 48.6 Å². The van der Waals surface area contributed by atoms with Gasteiger partial charge >= 0.3 is 17.9 Å². The lowest BCUT2D eigenvalue weighted by Gasteiger charge is -2.18. The zero-order chi connectivity index (χ0) is 46.5. The average molecular weight is 897 g/mol. The second-order valence-electron chi connectivity index (χ2n) is 18.5. The van der Waals surface area contributed by atoms with Crippen LogP contribution in [0.5, 0.6) is 0 Å². The summed E-state index contributed by atoms with van der Waals surface area (Å²) in [6.07, 6.45) is 63.8. The van der Waals surface area contributed by atoms with Crippen LogP contribution in [0.25, 0.3) is 0 Å². The van der Waals surface area contributed by atoms with Crippen LogP contribution in [0.15, 0.2) is 48.6 Å². The molecule has 372 valence electrons. The molecule has 0 aromatic carbocycles. The van der Waals surface area contributed by atoms with Gasteiger partial charge in [0.1, 0.15) is 13.2 Å². The number of carbonyl (C=O) groups is 3. The molecule has 0 spiro atoms. The van der Waals surface area contributed by atoms with Crippen molar-refractivity contribution in [2.45, 2.75) is 290 Å². The van der Waals surface area contributed by atoms with E-state index in [1.165, 1.54) is 167 Å². The second kappa shape index (κ2) is 53.0. The van der Waals surface area contributed by atoms with Crippen molar-refractivity contribution in [3.63, 3.8) is 0 Å². The fourth-order valence-electron chi connectivity index (χ4n) is 7.92. The van der Waals surface area contributed by atoms with Crippen molar-refractivity contribution in [2.24, 2.45) is 0 Å². The Hall–Kier alpha value is -2.63. The van der Waals surface area contributed by atoms with Crippen LogP contribution in [-0.2, 0) is 28.6 Å². The first-order valence-corrected chi connectivity index (χ1v) is 27.6. The molecule has 0 aromatic heterocycles. The summed E-state index contributed by atoms with van der Waals surface area (Å²) in [6, 6.07) is 0. The average Bonchev–Trinajstić information content (AvgIpc) is 3.29. The molecular formula is C58H104O6. The third-order valence-corrected chi connectivity index (χ3v) is 12.1. The number of hydrogen-bond acceptors (Lipinski definition) is 6. The standard InChI is InChI=1S/C58H104O6/c1-4-7-10-13-16-19-22-25-27-28-29-30-32-33-36-39-42-45-48-51-57(60)63-54-55(53-62-56(59)50-47-44-41-38-35-24-21-18-15-12-9-6-3)64-58(61)52-49-46-43-40-37-34-31-26-23-20-17-14-11-8-5-2/h7,10,16,19-20,23,25,27,55H,4-6,8-9,11-15,17-18,21-22,24,26,28-54H2,1-3H3/b10-7-,19-16-,23-20-,27-25-. The molecule has 6 nitrogen and oxygen atoms in total. The first-order valence-electron chi connectivity index (χ1n) is 27.6. The summed E-state index contributed by atoms with van der Waals surface area (Å²) in [5, 5.41) is 0. The van der Waals surface area contributed by atoms with Crippen LogP contribution in [0.4, 0.5) is 0 Å². The van der Waals surface area contributed by atoms with Gasteiger partial charge in [-0.15, -0.1) is 0 Å². The predicted molar refractivity (Wildman–Crippen MR) is 275 cm³/mol. The highest BCUT2D eigenvalue weighted by Crippen LogP contribution is 2.16. The Bertz CT molecular complexity index is 1120. The number of esters is 3. The van der Waals surface area contributed by atoms with Crippen LogP contribution in [0.2, 0.25) is 0 Å². The number of ether oxygens (including phenoxy) is 3. The lowest BCUT2D eigenvalue weighted by molar-refractivity contribution is -0.167. The zero-order valence-corrected chi connectivity index (χ0v) is 42.6. The number of hydrogen-bond donors (Lipinski definition) is 0. The zero-order valence-electron chi connectivity index (χ0n) is 42.6. The van der Waals surface area contributed by atoms with E-state index in [9.17, 15) is 14.4 Å². The van der Waals surface area contributed by atoms with Gasteiger partial charge in [-0.1, -0.05) is 236 Å². The molecule has 0 rings (SSSR count). The van der Waals surface area contributed by atoms with Gasteiger partial charge in [0.15, 0.2) is 6.10 Å². The summed E-state index contributed by atoms with van der Waals surface area (Å²) in [5.41, 5.74) is 0. The van der Waals surface area contributed by atoms with Gasteiger partial charge in [0.25, 0.3) is 0 Å². The molecule has 0 saturated heterocycles. The van der Waals surface area contributed by atoms with Crippen molar-refractivity contribution in [2.75, 3.05) is 13.2 Å². The van der Waals surface area contributed by atoms with Gasteiger partial charge in [-0.3, -0.25) is 14.4 Å². The molecule has 1 atom stereocenters. The molecule has 0 heterocycles. The number of carbonyl (C=O) groups excluding carboxylic acids is 3. The molecule has 0 fully saturated rings. The fraction of sp³-hybridized carbons (Fsp3) is 0.810. The highest BCUT2D eigenvalue weighted by atomic mass is 16.6. The Morgan fingerprint density at radius 2 is 0.609 bits per heavy atom. The molecule has 0 bridgehead atoms. The third-order valence-electron chi connectivity index (χ3n) is 12.1. The summed E-state index contributed by atoms with van der Waals surface area (Å²) in [7, 11) is 0. The number of unbranched alkanes of at least 4 members (excludes halogenated alkanes) is 31. The monoisotopic (exact) mass is 897 g/mol. The summed E-state index contributed by atoms with van der Waals surface area (Å²) < 4.78 is 16.8. The minimum absolute atomic E-state index is 0.0735. The molecule has 0 aliphatic carbocycles. The Kier molecular flexibility index (Phi) is 50.8. The molecule has 0 N–H and O–H groups in total. The Balaban J connectivity index is 4.33. The van der Waals surface area contributed by atoms with E-state index >= 15 is 0 Å². The number of rotatable bonds is 50. The Morgan fingerprint density at radius 3 is 0.984 bits per heavy atom. The predicted octanol–water partition coefficient (Wildman–Crippen LogP) is 18.3. The summed E-state index contributed by atoms with van der Waals surface area (Å²) >= 11 is 0. The summed E-state index contributed by atoms with van der Waals surface area (Å²) in [6.45, 7) is 6.53. The van der Waals surface area contributed by atoms with Gasteiger partial charge in [-0.2, -0.15) is 0 Å². The maximum absolute atomic E-state index is 12.8. The first-order chi connectivity index (χ1) is 31.5. The van der Waals surface area contributed by atoms with Crippen molar-refractivity contribution in [3.8, 4) is 0 Å². The molecule has 0 aliphatic heterocycles. The molecule has 0 aliphatic rings. The van der Waals surface area contributed by atoms with Gasteiger partial charge in [-0.25, -0.2) is 0 Å². The van der Waals surface area contributed by atoms with Gasteiger partial charge in [0.2, 0.25) is 0 Å². The normalized spacial score (nSPS) is 12.4. The Morgan fingerprint density at radius 1 is 0.328 bits per heavy atom. The van der Waals surface area contributed by atoms with Crippen LogP contribution >= 0.6 is 0 Å². The van der Waals surface area contributed by atoms with Gasteiger partial charge in [0, 0.05) is 19.3 Å². The molecule has 0 radical (unpaired) electrons. The van der Waals surface area contributed by atoms with Gasteiger partial charge in [-0.05, 0) is 77.0 Å². The maximum atomic E-state index is 12.8. The lowest BCUT2D eigenvalue weighted by atomic mass is 10.0. The Labute approximate surface area is 397 Å². The van der Waals surface area contributed by atoms with Crippen LogP contribution in [0.1, 0.15) is 284 Å². The minimum atomic E-state index is -0.774. The first kappa shape index (κ1) is 61.4. The smallest absolute Gasteiger partial charge is 0.306 e. The van der Waals surface area contributed by atoms with Crippen molar-refractivity contribution >= 4 is 17.9 Å². The minimum Gasteiger partial charge on any atom is -0.462 e. The van der Waals surface area contributed by atoms with E-state index in [4.69, 9.17) is 14.2 Å². The summed E-state index contributed by atoms with van der Waals surface area (Å²) in [4.78, 5) is 38.1. The molecule has 64 heavy (non-hydrogen) atoms. The van der Waals surface area contributed by atoms with Crippen LogP contribution in [0, 0.1) is 0 Å². The molecule has 0 aromatic rings. The molecule has 6 heteroatoms. The van der Waals surface area contributed by atoms with Gasteiger partial charge in [0.05, 0.1) is 0 Å². The van der Waals surface area contributed by atoms with E-state index in [1.54, 1.807) is 0 Å². The van der Waals surface area contributed by atoms with Crippen LogP contribution in [-0.4, -0.2) is 37.2 Å². The quantitative estimate of drug-likeness (QED) is 0.0262. The topological polar surface area (TPSA) is 78.9 Å². The fourth-order valence-corrected chi connectivity index (χ4v) is 7.92.